The van der Waals surface area contributed by atoms with Crippen molar-refractivity contribution < 1.29 is 19.0 Å². The third-order valence-electron chi connectivity index (χ3n) is 3.76. The van der Waals surface area contributed by atoms with Crippen LogP contribution in [0.1, 0.15) is 25.8 Å². The molecule has 1 aliphatic rings. The van der Waals surface area contributed by atoms with Crippen molar-refractivity contribution >= 4 is 11.6 Å². The van der Waals surface area contributed by atoms with Crippen molar-refractivity contribution in [3.63, 3.8) is 0 Å². The Balaban J connectivity index is 1.51. The van der Waals surface area contributed by atoms with Gasteiger partial charge in [0.1, 0.15) is 19.0 Å². The summed E-state index contributed by atoms with van der Waals surface area (Å²) >= 11 is 0. The SMILES string of the molecule is CC(C)Oc1ccc(CCC(=O)Nc2ccc3c(c2)OCCO3)cc1. The predicted octanol–water partition coefficient (Wildman–Crippen LogP) is 3.82. The van der Waals surface area contributed by atoms with E-state index < -0.39 is 0 Å². The lowest BCUT2D eigenvalue weighted by Crippen LogP contribution is -2.16. The van der Waals surface area contributed by atoms with Crippen LogP contribution >= 0.6 is 0 Å². The van der Waals surface area contributed by atoms with Gasteiger partial charge in [0.15, 0.2) is 11.5 Å². The molecule has 1 amide bonds. The number of aryl methyl sites for hydroxylation is 1. The Kier molecular flexibility index (Phi) is 5.43. The zero-order chi connectivity index (χ0) is 17.6. The van der Waals surface area contributed by atoms with Crippen LogP contribution in [0.25, 0.3) is 0 Å². The Hall–Kier alpha value is -2.69. The molecule has 0 unspecified atom stereocenters. The van der Waals surface area contributed by atoms with E-state index in [0.717, 1.165) is 17.0 Å². The smallest absolute Gasteiger partial charge is 0.224 e. The van der Waals surface area contributed by atoms with E-state index in [-0.39, 0.29) is 12.0 Å². The number of fused-ring (bicyclic) bond motifs is 1. The molecule has 0 spiro atoms. The summed E-state index contributed by atoms with van der Waals surface area (Å²) in [6.45, 7) is 5.08. The lowest BCUT2D eigenvalue weighted by Gasteiger charge is -2.19. The molecule has 5 nitrogen and oxygen atoms in total. The maximum absolute atomic E-state index is 12.2. The standard InChI is InChI=1S/C20H23NO4/c1-14(2)25-17-7-3-15(4-8-17)5-10-20(22)21-16-6-9-18-19(13-16)24-12-11-23-18/h3-4,6-9,13-14H,5,10-12H2,1-2H3,(H,21,22). The van der Waals surface area contributed by atoms with Crippen LogP contribution < -0.4 is 19.5 Å². The third-order valence-corrected chi connectivity index (χ3v) is 3.76. The van der Waals surface area contributed by atoms with Gasteiger partial charge in [-0.05, 0) is 50.1 Å². The van der Waals surface area contributed by atoms with E-state index in [1.807, 2.05) is 50.2 Å². The van der Waals surface area contributed by atoms with E-state index in [0.29, 0.717) is 37.6 Å². The monoisotopic (exact) mass is 341 g/mol. The first-order valence-electron chi connectivity index (χ1n) is 8.55. The van der Waals surface area contributed by atoms with Crippen molar-refractivity contribution in [1.82, 2.24) is 0 Å². The highest BCUT2D eigenvalue weighted by molar-refractivity contribution is 5.91. The highest BCUT2D eigenvalue weighted by Gasteiger charge is 2.12. The second kappa shape index (κ2) is 7.92. The molecule has 2 aromatic rings. The van der Waals surface area contributed by atoms with E-state index in [4.69, 9.17) is 14.2 Å². The molecule has 2 aromatic carbocycles. The minimum atomic E-state index is -0.0285. The van der Waals surface area contributed by atoms with Gasteiger partial charge in [0, 0.05) is 18.2 Å². The number of rotatable bonds is 6. The van der Waals surface area contributed by atoms with Gasteiger partial charge in [0.05, 0.1) is 6.10 Å². The van der Waals surface area contributed by atoms with Crippen molar-refractivity contribution in [2.45, 2.75) is 32.8 Å². The molecular weight excluding hydrogens is 318 g/mol. The zero-order valence-electron chi connectivity index (χ0n) is 14.6. The number of ether oxygens (including phenoxy) is 3. The Morgan fingerprint density at radius 3 is 2.52 bits per heavy atom. The maximum atomic E-state index is 12.2. The Morgan fingerprint density at radius 2 is 1.80 bits per heavy atom. The Morgan fingerprint density at radius 1 is 1.08 bits per heavy atom. The number of anilines is 1. The second-order valence-corrected chi connectivity index (χ2v) is 6.22. The van der Waals surface area contributed by atoms with Crippen LogP contribution in [0.2, 0.25) is 0 Å². The maximum Gasteiger partial charge on any atom is 0.224 e. The van der Waals surface area contributed by atoms with Crippen LogP contribution in [-0.2, 0) is 11.2 Å². The Labute approximate surface area is 147 Å². The molecule has 0 aliphatic carbocycles. The van der Waals surface area contributed by atoms with Crippen LogP contribution in [0.3, 0.4) is 0 Å². The highest BCUT2D eigenvalue weighted by atomic mass is 16.6. The largest absolute Gasteiger partial charge is 0.491 e. The van der Waals surface area contributed by atoms with Crippen molar-refractivity contribution in [2.75, 3.05) is 18.5 Å². The highest BCUT2D eigenvalue weighted by Crippen LogP contribution is 2.32. The number of hydrogen-bond donors (Lipinski definition) is 1. The van der Waals surface area contributed by atoms with E-state index in [1.165, 1.54) is 0 Å². The summed E-state index contributed by atoms with van der Waals surface area (Å²) in [4.78, 5) is 12.2. The molecule has 0 atom stereocenters. The number of benzene rings is 2. The summed E-state index contributed by atoms with van der Waals surface area (Å²) in [6, 6.07) is 13.3. The fourth-order valence-corrected chi connectivity index (χ4v) is 2.61. The first-order valence-corrected chi connectivity index (χ1v) is 8.55. The Bertz CT molecular complexity index is 725. The minimum Gasteiger partial charge on any atom is -0.491 e. The molecule has 25 heavy (non-hydrogen) atoms. The van der Waals surface area contributed by atoms with Crippen molar-refractivity contribution in [3.05, 3.63) is 48.0 Å². The quantitative estimate of drug-likeness (QED) is 0.868. The summed E-state index contributed by atoms with van der Waals surface area (Å²) in [7, 11) is 0. The summed E-state index contributed by atoms with van der Waals surface area (Å²) < 4.78 is 16.6. The van der Waals surface area contributed by atoms with Crippen LogP contribution in [0.15, 0.2) is 42.5 Å². The number of nitrogens with one attached hydrogen (secondary N) is 1. The summed E-state index contributed by atoms with van der Waals surface area (Å²) in [5.74, 6) is 2.21. The van der Waals surface area contributed by atoms with Gasteiger partial charge in [-0.3, -0.25) is 4.79 Å². The van der Waals surface area contributed by atoms with Crippen LogP contribution in [0, 0.1) is 0 Å². The third kappa shape index (κ3) is 4.89. The molecule has 0 fully saturated rings. The lowest BCUT2D eigenvalue weighted by molar-refractivity contribution is -0.116. The van der Waals surface area contributed by atoms with Gasteiger partial charge in [-0.1, -0.05) is 12.1 Å². The van der Waals surface area contributed by atoms with Gasteiger partial charge in [-0.15, -0.1) is 0 Å². The van der Waals surface area contributed by atoms with Gasteiger partial charge < -0.3 is 19.5 Å². The predicted molar refractivity (Wildman–Crippen MR) is 96.6 cm³/mol. The molecule has 0 aromatic heterocycles. The molecule has 0 saturated carbocycles. The van der Waals surface area contributed by atoms with Gasteiger partial charge >= 0.3 is 0 Å². The van der Waals surface area contributed by atoms with Gasteiger partial charge in [-0.25, -0.2) is 0 Å². The summed E-state index contributed by atoms with van der Waals surface area (Å²) in [5.41, 5.74) is 1.82. The van der Waals surface area contributed by atoms with E-state index in [2.05, 4.69) is 5.32 Å². The van der Waals surface area contributed by atoms with E-state index in [9.17, 15) is 4.79 Å². The zero-order valence-corrected chi connectivity index (χ0v) is 14.6. The average molecular weight is 341 g/mol. The number of carbonyl (C=O) groups excluding carboxylic acids is 1. The lowest BCUT2D eigenvalue weighted by atomic mass is 10.1. The van der Waals surface area contributed by atoms with Crippen molar-refractivity contribution in [1.29, 1.82) is 0 Å². The van der Waals surface area contributed by atoms with Crippen LogP contribution in [-0.4, -0.2) is 25.2 Å². The first kappa shape index (κ1) is 17.1. The van der Waals surface area contributed by atoms with Crippen LogP contribution in [0.5, 0.6) is 17.2 Å². The molecule has 3 rings (SSSR count). The van der Waals surface area contributed by atoms with Crippen molar-refractivity contribution in [2.24, 2.45) is 0 Å². The number of hydrogen-bond acceptors (Lipinski definition) is 4. The van der Waals surface area contributed by atoms with Crippen molar-refractivity contribution in [3.8, 4) is 17.2 Å². The van der Waals surface area contributed by atoms with E-state index >= 15 is 0 Å². The fourth-order valence-electron chi connectivity index (χ4n) is 2.61. The molecule has 1 aliphatic heterocycles. The molecule has 0 bridgehead atoms. The molecule has 5 heteroatoms. The first-order chi connectivity index (χ1) is 12.1. The second-order valence-electron chi connectivity index (χ2n) is 6.22. The number of carbonyl (C=O) groups is 1. The van der Waals surface area contributed by atoms with Gasteiger partial charge in [0.25, 0.3) is 0 Å². The average Bonchev–Trinajstić information content (AvgIpc) is 2.60. The minimum absolute atomic E-state index is 0.0285. The molecule has 0 radical (unpaired) electrons. The molecular formula is C20H23NO4. The van der Waals surface area contributed by atoms with E-state index in [1.54, 1.807) is 6.07 Å². The molecule has 1 N–H and O–H groups in total. The summed E-state index contributed by atoms with van der Waals surface area (Å²) in [5, 5.41) is 2.90. The molecule has 0 saturated heterocycles. The number of amides is 1. The van der Waals surface area contributed by atoms with Gasteiger partial charge in [0.2, 0.25) is 5.91 Å². The normalized spacial score (nSPS) is 12.8. The van der Waals surface area contributed by atoms with Gasteiger partial charge in [-0.2, -0.15) is 0 Å². The fraction of sp³-hybridized carbons (Fsp3) is 0.350. The van der Waals surface area contributed by atoms with Crippen LogP contribution in [0.4, 0.5) is 5.69 Å². The topological polar surface area (TPSA) is 56.8 Å². The molecule has 1 heterocycles. The molecule has 132 valence electrons. The summed E-state index contributed by atoms with van der Waals surface area (Å²) in [6.07, 6.45) is 1.25.